The zero-order valence-electron chi connectivity index (χ0n) is 16.5. The Morgan fingerprint density at radius 2 is 2.12 bits per heavy atom. The number of methoxy groups -OCH3 is 1. The van der Waals surface area contributed by atoms with Gasteiger partial charge < -0.3 is 9.64 Å². The van der Waals surface area contributed by atoms with Gasteiger partial charge in [0.15, 0.2) is 0 Å². The molecule has 0 fully saturated rings. The normalized spacial score (nSPS) is 18.8. The average molecular weight is 351 g/mol. The molecule has 26 heavy (non-hydrogen) atoms. The number of ether oxygens (including phenoxy) is 1. The lowest BCUT2D eigenvalue weighted by molar-refractivity contribution is 0.376. The standard InChI is InChI=1S/C22H29N3O/c1-6-11-25-20-9-7-17(12-19(20)16(2)13-22(25,3)4)14-23-18-8-10-21(26-5)24-15-18/h7-10,12,14-16H,6,11,13H2,1-5H3. The smallest absolute Gasteiger partial charge is 0.213 e. The lowest BCUT2D eigenvalue weighted by Crippen LogP contribution is -2.48. The van der Waals surface area contributed by atoms with Crippen LogP contribution in [-0.2, 0) is 0 Å². The summed E-state index contributed by atoms with van der Waals surface area (Å²) in [4.78, 5) is 11.3. The predicted molar refractivity (Wildman–Crippen MR) is 109 cm³/mol. The van der Waals surface area contributed by atoms with E-state index >= 15 is 0 Å². The largest absolute Gasteiger partial charge is 0.481 e. The molecule has 0 saturated carbocycles. The molecule has 138 valence electrons. The molecule has 1 atom stereocenters. The van der Waals surface area contributed by atoms with Crippen LogP contribution in [0.3, 0.4) is 0 Å². The molecule has 2 aromatic rings. The van der Waals surface area contributed by atoms with E-state index in [2.05, 4.69) is 60.8 Å². The lowest BCUT2D eigenvalue weighted by Gasteiger charge is -2.47. The molecular weight excluding hydrogens is 322 g/mol. The first-order chi connectivity index (χ1) is 12.4. The van der Waals surface area contributed by atoms with Gasteiger partial charge in [-0.3, -0.25) is 4.99 Å². The molecule has 3 rings (SSSR count). The third kappa shape index (κ3) is 3.74. The summed E-state index contributed by atoms with van der Waals surface area (Å²) in [6.45, 7) is 10.4. The summed E-state index contributed by atoms with van der Waals surface area (Å²) < 4.78 is 5.09. The van der Waals surface area contributed by atoms with Gasteiger partial charge in [0.2, 0.25) is 5.88 Å². The van der Waals surface area contributed by atoms with E-state index in [-0.39, 0.29) is 5.54 Å². The Morgan fingerprint density at radius 3 is 2.77 bits per heavy atom. The number of pyridine rings is 1. The number of hydrogen-bond acceptors (Lipinski definition) is 4. The highest BCUT2D eigenvalue weighted by molar-refractivity contribution is 5.83. The highest BCUT2D eigenvalue weighted by Crippen LogP contribution is 2.43. The summed E-state index contributed by atoms with van der Waals surface area (Å²) in [5, 5.41) is 0. The fourth-order valence-electron chi connectivity index (χ4n) is 3.95. The summed E-state index contributed by atoms with van der Waals surface area (Å²) in [6.07, 6.45) is 5.97. The van der Waals surface area contributed by atoms with Crippen molar-refractivity contribution in [3.63, 3.8) is 0 Å². The van der Waals surface area contributed by atoms with Crippen LogP contribution in [0.1, 0.15) is 57.6 Å². The first-order valence-corrected chi connectivity index (χ1v) is 9.40. The molecule has 1 unspecified atom stereocenters. The van der Waals surface area contributed by atoms with Crippen molar-refractivity contribution in [2.24, 2.45) is 4.99 Å². The van der Waals surface area contributed by atoms with E-state index in [1.54, 1.807) is 13.3 Å². The van der Waals surface area contributed by atoms with Gasteiger partial charge in [0.05, 0.1) is 19.0 Å². The second kappa shape index (κ2) is 7.48. The Hall–Kier alpha value is -2.36. The molecule has 0 spiro atoms. The van der Waals surface area contributed by atoms with Crippen LogP contribution < -0.4 is 9.64 Å². The molecule has 0 saturated heterocycles. The molecule has 1 aliphatic heterocycles. The Kier molecular flexibility index (Phi) is 5.30. The van der Waals surface area contributed by atoms with E-state index in [9.17, 15) is 0 Å². The second-order valence-electron chi connectivity index (χ2n) is 7.70. The minimum Gasteiger partial charge on any atom is -0.481 e. The summed E-state index contributed by atoms with van der Waals surface area (Å²) in [5.41, 5.74) is 4.95. The van der Waals surface area contributed by atoms with Crippen LogP contribution in [0.5, 0.6) is 5.88 Å². The molecule has 4 nitrogen and oxygen atoms in total. The van der Waals surface area contributed by atoms with Crippen LogP contribution in [0.15, 0.2) is 41.5 Å². The van der Waals surface area contributed by atoms with Crippen molar-refractivity contribution in [2.45, 2.75) is 52.0 Å². The third-order valence-electron chi connectivity index (χ3n) is 5.15. The zero-order valence-corrected chi connectivity index (χ0v) is 16.5. The minimum atomic E-state index is 0.201. The van der Waals surface area contributed by atoms with Crippen molar-refractivity contribution >= 4 is 17.6 Å². The Bertz CT molecular complexity index is 780. The van der Waals surface area contributed by atoms with Gasteiger partial charge in [-0.25, -0.2) is 4.98 Å². The number of aliphatic imine (C=N–C) groups is 1. The highest BCUT2D eigenvalue weighted by Gasteiger charge is 2.35. The molecule has 0 aliphatic carbocycles. The first kappa shape index (κ1) is 18.4. The van der Waals surface area contributed by atoms with Gasteiger partial charge in [-0.15, -0.1) is 0 Å². The van der Waals surface area contributed by atoms with E-state index in [0.29, 0.717) is 11.8 Å². The lowest BCUT2D eigenvalue weighted by atomic mass is 9.79. The zero-order chi connectivity index (χ0) is 18.7. The maximum Gasteiger partial charge on any atom is 0.213 e. The highest BCUT2D eigenvalue weighted by atomic mass is 16.5. The van der Waals surface area contributed by atoms with E-state index in [0.717, 1.165) is 24.2 Å². The van der Waals surface area contributed by atoms with Crippen molar-refractivity contribution < 1.29 is 4.74 Å². The van der Waals surface area contributed by atoms with Gasteiger partial charge in [-0.05, 0) is 61.9 Å². The quantitative estimate of drug-likeness (QED) is 0.682. The van der Waals surface area contributed by atoms with Crippen molar-refractivity contribution in [3.05, 3.63) is 47.7 Å². The van der Waals surface area contributed by atoms with Gasteiger partial charge in [0.1, 0.15) is 0 Å². The molecule has 0 radical (unpaired) electrons. The van der Waals surface area contributed by atoms with Crippen LogP contribution in [0.4, 0.5) is 11.4 Å². The number of fused-ring (bicyclic) bond motifs is 1. The van der Waals surface area contributed by atoms with Crippen molar-refractivity contribution in [3.8, 4) is 5.88 Å². The van der Waals surface area contributed by atoms with E-state index in [1.165, 1.54) is 17.7 Å². The third-order valence-corrected chi connectivity index (χ3v) is 5.15. The molecule has 0 bridgehead atoms. The molecule has 0 amide bonds. The number of rotatable bonds is 5. The van der Waals surface area contributed by atoms with Gasteiger partial charge >= 0.3 is 0 Å². The van der Waals surface area contributed by atoms with E-state index in [1.807, 2.05) is 18.3 Å². The first-order valence-electron chi connectivity index (χ1n) is 9.40. The van der Waals surface area contributed by atoms with E-state index in [4.69, 9.17) is 4.74 Å². The Morgan fingerprint density at radius 1 is 1.31 bits per heavy atom. The summed E-state index contributed by atoms with van der Waals surface area (Å²) in [7, 11) is 1.61. The van der Waals surface area contributed by atoms with Crippen LogP contribution in [0.25, 0.3) is 0 Å². The minimum absolute atomic E-state index is 0.201. The monoisotopic (exact) mass is 351 g/mol. The Balaban J connectivity index is 1.87. The van der Waals surface area contributed by atoms with Crippen LogP contribution >= 0.6 is 0 Å². The molecule has 1 aromatic heterocycles. The van der Waals surface area contributed by atoms with Crippen LogP contribution in [-0.4, -0.2) is 30.4 Å². The molecule has 1 aliphatic rings. The summed E-state index contributed by atoms with van der Waals surface area (Å²) in [5.74, 6) is 1.15. The SMILES string of the molecule is CCCN1c2ccc(C=Nc3ccc(OC)nc3)cc2C(C)CC1(C)C. The van der Waals surface area contributed by atoms with Crippen molar-refractivity contribution in [1.29, 1.82) is 0 Å². The maximum absolute atomic E-state index is 5.09. The number of benzene rings is 1. The fourth-order valence-corrected chi connectivity index (χ4v) is 3.95. The molecule has 4 heteroatoms. The fraction of sp³-hybridized carbons (Fsp3) is 0.455. The maximum atomic E-state index is 5.09. The molecule has 2 heterocycles. The molecular formula is C22H29N3O. The summed E-state index contributed by atoms with van der Waals surface area (Å²) in [6, 6.07) is 10.5. The second-order valence-corrected chi connectivity index (χ2v) is 7.70. The number of aromatic nitrogens is 1. The van der Waals surface area contributed by atoms with Crippen LogP contribution in [0.2, 0.25) is 0 Å². The summed E-state index contributed by atoms with van der Waals surface area (Å²) >= 11 is 0. The van der Waals surface area contributed by atoms with Crippen molar-refractivity contribution in [2.75, 3.05) is 18.6 Å². The van der Waals surface area contributed by atoms with Gasteiger partial charge in [-0.2, -0.15) is 0 Å². The van der Waals surface area contributed by atoms with Crippen molar-refractivity contribution in [1.82, 2.24) is 4.98 Å². The topological polar surface area (TPSA) is 37.7 Å². The number of anilines is 1. The van der Waals surface area contributed by atoms with Crippen LogP contribution in [0, 0.1) is 0 Å². The molecule has 0 N–H and O–H groups in total. The van der Waals surface area contributed by atoms with E-state index < -0.39 is 0 Å². The predicted octanol–water partition coefficient (Wildman–Crippen LogP) is 5.34. The Labute approximate surface area is 156 Å². The van der Waals surface area contributed by atoms with Gasteiger partial charge in [0.25, 0.3) is 0 Å². The number of hydrogen-bond donors (Lipinski definition) is 0. The van der Waals surface area contributed by atoms with Gasteiger partial charge in [-0.1, -0.05) is 19.9 Å². The molecule has 1 aromatic carbocycles. The van der Waals surface area contributed by atoms with Gasteiger partial charge in [0, 0.05) is 30.1 Å². The average Bonchev–Trinajstić information content (AvgIpc) is 2.63. The number of nitrogens with zero attached hydrogens (tertiary/aromatic N) is 3.